The van der Waals surface area contributed by atoms with Gasteiger partial charge >= 0.3 is 0 Å². The van der Waals surface area contributed by atoms with Gasteiger partial charge in [-0.05, 0) is 6.92 Å². The first-order valence-electron chi connectivity index (χ1n) is 5.51. The van der Waals surface area contributed by atoms with Crippen molar-refractivity contribution in [2.75, 3.05) is 38.5 Å². The van der Waals surface area contributed by atoms with Crippen LogP contribution in [0.1, 0.15) is 13.3 Å². The third-order valence-corrected chi connectivity index (χ3v) is 3.91. The molecule has 1 heterocycles. The number of hydrogen-bond donors (Lipinski definition) is 2. The fraction of sp³-hybridized carbons (Fsp3) is 0.889. The maximum Gasteiger partial charge on any atom is 0.223 e. The zero-order valence-corrected chi connectivity index (χ0v) is 10.3. The second-order valence-corrected chi connectivity index (χ2v) is 5.77. The standard InChI is InChI=1S/C9H19N3O3S/c1-2-16(14,15)11-4-3-9(13)12-7-5-10-6-8-12/h10-11H,2-8H2,1H3. The first-order chi connectivity index (χ1) is 7.55. The summed E-state index contributed by atoms with van der Waals surface area (Å²) in [6.07, 6.45) is 0.235. The van der Waals surface area contributed by atoms with Gasteiger partial charge < -0.3 is 10.2 Å². The van der Waals surface area contributed by atoms with Crippen molar-refractivity contribution in [2.24, 2.45) is 0 Å². The number of nitrogens with zero attached hydrogens (tertiary/aromatic N) is 1. The lowest BCUT2D eigenvalue weighted by atomic mass is 10.3. The highest BCUT2D eigenvalue weighted by molar-refractivity contribution is 7.89. The summed E-state index contributed by atoms with van der Waals surface area (Å²) in [5.41, 5.74) is 0. The maximum atomic E-state index is 11.6. The summed E-state index contributed by atoms with van der Waals surface area (Å²) >= 11 is 0. The van der Waals surface area contributed by atoms with Crippen LogP contribution in [-0.4, -0.2) is 57.7 Å². The molecule has 0 aromatic carbocycles. The number of carbonyl (C=O) groups is 1. The highest BCUT2D eigenvalue weighted by Gasteiger charge is 2.16. The largest absolute Gasteiger partial charge is 0.340 e. The highest BCUT2D eigenvalue weighted by atomic mass is 32.2. The minimum Gasteiger partial charge on any atom is -0.340 e. The van der Waals surface area contributed by atoms with Crippen molar-refractivity contribution < 1.29 is 13.2 Å². The van der Waals surface area contributed by atoms with Gasteiger partial charge in [0.15, 0.2) is 0 Å². The van der Waals surface area contributed by atoms with Crippen LogP contribution in [0.4, 0.5) is 0 Å². The number of nitrogens with one attached hydrogen (secondary N) is 2. The molecule has 0 atom stereocenters. The van der Waals surface area contributed by atoms with Gasteiger partial charge in [-0.1, -0.05) is 0 Å². The van der Waals surface area contributed by atoms with Gasteiger partial charge in [0.05, 0.1) is 5.75 Å². The number of carbonyl (C=O) groups excluding carboxylic acids is 1. The zero-order chi connectivity index (χ0) is 12.0. The second-order valence-electron chi connectivity index (χ2n) is 3.68. The molecule has 1 fully saturated rings. The van der Waals surface area contributed by atoms with Gasteiger partial charge in [0, 0.05) is 39.1 Å². The Labute approximate surface area is 96.4 Å². The van der Waals surface area contributed by atoms with Gasteiger partial charge in [0.25, 0.3) is 0 Å². The molecule has 0 radical (unpaired) electrons. The molecule has 94 valence electrons. The van der Waals surface area contributed by atoms with E-state index in [1.165, 1.54) is 0 Å². The third kappa shape index (κ3) is 4.46. The molecule has 0 bridgehead atoms. The molecule has 1 saturated heterocycles. The van der Waals surface area contributed by atoms with E-state index < -0.39 is 10.0 Å². The third-order valence-electron chi connectivity index (χ3n) is 2.51. The molecule has 1 aliphatic heterocycles. The quantitative estimate of drug-likeness (QED) is 0.638. The molecule has 0 aromatic rings. The summed E-state index contributed by atoms with van der Waals surface area (Å²) in [7, 11) is -3.18. The monoisotopic (exact) mass is 249 g/mol. The molecule has 6 nitrogen and oxygen atoms in total. The zero-order valence-electron chi connectivity index (χ0n) is 9.53. The summed E-state index contributed by atoms with van der Waals surface area (Å²) in [6.45, 7) is 4.80. The normalized spacial score (nSPS) is 17.4. The first-order valence-corrected chi connectivity index (χ1v) is 7.16. The molecule has 1 aliphatic rings. The average molecular weight is 249 g/mol. The molecule has 1 rings (SSSR count). The summed E-state index contributed by atoms with van der Waals surface area (Å²) in [6, 6.07) is 0. The van der Waals surface area contributed by atoms with Gasteiger partial charge in [0.2, 0.25) is 15.9 Å². The maximum absolute atomic E-state index is 11.6. The lowest BCUT2D eigenvalue weighted by Gasteiger charge is -2.27. The van der Waals surface area contributed by atoms with Crippen LogP contribution < -0.4 is 10.0 Å². The van der Waals surface area contributed by atoms with Crippen LogP contribution in [0.2, 0.25) is 0 Å². The number of rotatable bonds is 5. The van der Waals surface area contributed by atoms with Crippen molar-refractivity contribution >= 4 is 15.9 Å². The molecule has 0 saturated carbocycles. The molecule has 16 heavy (non-hydrogen) atoms. The Bertz CT molecular complexity index is 323. The number of amides is 1. The van der Waals surface area contributed by atoms with E-state index in [-0.39, 0.29) is 24.6 Å². The minimum absolute atomic E-state index is 0.0142. The average Bonchev–Trinajstić information content (AvgIpc) is 2.30. The van der Waals surface area contributed by atoms with Crippen molar-refractivity contribution in [3.05, 3.63) is 0 Å². The van der Waals surface area contributed by atoms with Crippen LogP contribution in [0.15, 0.2) is 0 Å². The summed E-state index contributed by atoms with van der Waals surface area (Å²) in [4.78, 5) is 13.4. The molecule has 0 unspecified atom stereocenters. The first kappa shape index (κ1) is 13.4. The van der Waals surface area contributed by atoms with E-state index >= 15 is 0 Å². The topological polar surface area (TPSA) is 78.5 Å². The van der Waals surface area contributed by atoms with Gasteiger partial charge in [-0.2, -0.15) is 0 Å². The van der Waals surface area contributed by atoms with E-state index in [1.807, 2.05) is 0 Å². The highest BCUT2D eigenvalue weighted by Crippen LogP contribution is 1.96. The second kappa shape index (κ2) is 6.17. The Morgan fingerprint density at radius 2 is 2.00 bits per heavy atom. The van der Waals surface area contributed by atoms with Crippen molar-refractivity contribution in [1.29, 1.82) is 0 Å². The molecule has 7 heteroatoms. The van der Waals surface area contributed by atoms with E-state index in [1.54, 1.807) is 11.8 Å². The number of hydrogen-bond acceptors (Lipinski definition) is 4. The van der Waals surface area contributed by atoms with Crippen molar-refractivity contribution in [2.45, 2.75) is 13.3 Å². The van der Waals surface area contributed by atoms with Gasteiger partial charge in [0.1, 0.15) is 0 Å². The van der Waals surface area contributed by atoms with E-state index in [2.05, 4.69) is 10.0 Å². The predicted octanol–water partition coefficient (Wildman–Crippen LogP) is -1.25. The van der Waals surface area contributed by atoms with Gasteiger partial charge in [-0.15, -0.1) is 0 Å². The Hall–Kier alpha value is -0.660. The smallest absolute Gasteiger partial charge is 0.223 e. The van der Waals surface area contributed by atoms with Crippen LogP contribution in [0.5, 0.6) is 0 Å². The Balaban J connectivity index is 2.24. The predicted molar refractivity (Wildman–Crippen MR) is 61.5 cm³/mol. The summed E-state index contributed by atoms with van der Waals surface area (Å²) in [5.74, 6) is 0.0646. The molecule has 0 aliphatic carbocycles. The van der Waals surface area contributed by atoms with Crippen LogP contribution in [0.25, 0.3) is 0 Å². The van der Waals surface area contributed by atoms with Crippen molar-refractivity contribution in [3.63, 3.8) is 0 Å². The summed E-state index contributed by atoms with van der Waals surface area (Å²) < 4.78 is 24.6. The van der Waals surface area contributed by atoms with Crippen molar-refractivity contribution in [3.8, 4) is 0 Å². The van der Waals surface area contributed by atoms with Crippen LogP contribution in [0, 0.1) is 0 Å². The Morgan fingerprint density at radius 3 is 2.56 bits per heavy atom. The van der Waals surface area contributed by atoms with E-state index in [0.29, 0.717) is 13.1 Å². The van der Waals surface area contributed by atoms with Crippen LogP contribution in [0.3, 0.4) is 0 Å². The molecule has 1 amide bonds. The fourth-order valence-corrected chi connectivity index (χ4v) is 2.11. The summed E-state index contributed by atoms with van der Waals surface area (Å²) in [5, 5.41) is 3.15. The van der Waals surface area contributed by atoms with Crippen LogP contribution >= 0.6 is 0 Å². The fourth-order valence-electron chi connectivity index (χ4n) is 1.49. The SMILES string of the molecule is CCS(=O)(=O)NCCC(=O)N1CCNCC1. The van der Waals surface area contributed by atoms with Crippen molar-refractivity contribution in [1.82, 2.24) is 14.9 Å². The van der Waals surface area contributed by atoms with E-state index in [0.717, 1.165) is 13.1 Å². The van der Waals surface area contributed by atoms with Gasteiger partial charge in [-0.3, -0.25) is 4.79 Å². The molecular formula is C9H19N3O3S. The van der Waals surface area contributed by atoms with E-state index in [9.17, 15) is 13.2 Å². The molecular weight excluding hydrogens is 230 g/mol. The lowest BCUT2D eigenvalue weighted by molar-refractivity contribution is -0.131. The number of piperazine rings is 1. The number of sulfonamides is 1. The van der Waals surface area contributed by atoms with Crippen LogP contribution in [-0.2, 0) is 14.8 Å². The molecule has 0 spiro atoms. The molecule has 2 N–H and O–H groups in total. The minimum atomic E-state index is -3.18. The Morgan fingerprint density at radius 1 is 1.38 bits per heavy atom. The lowest BCUT2D eigenvalue weighted by Crippen LogP contribution is -2.47. The van der Waals surface area contributed by atoms with Gasteiger partial charge in [-0.25, -0.2) is 13.1 Å². The molecule has 0 aromatic heterocycles. The Kier molecular flexibility index (Phi) is 5.17. The van der Waals surface area contributed by atoms with E-state index in [4.69, 9.17) is 0 Å².